The van der Waals surface area contributed by atoms with Crippen LogP contribution in [0.15, 0.2) is 22.7 Å². The van der Waals surface area contributed by atoms with Crippen molar-refractivity contribution in [2.45, 2.75) is 26.2 Å². The minimum Gasteiger partial charge on any atom is -0.481 e. The van der Waals surface area contributed by atoms with E-state index in [1.165, 1.54) is 0 Å². The van der Waals surface area contributed by atoms with E-state index in [-0.39, 0.29) is 18.2 Å². The van der Waals surface area contributed by atoms with Crippen LogP contribution in [0.1, 0.15) is 35.4 Å². The standard InChI is InChI=1S/C18H18Cl2N2O4/c1-10-15(17(21-26-10)16-12(19)3-2-4-13(16)20)18(25)22-7-5-11(6-8-22)9-14(23)24/h2-4,11H,5-9H2,1H3,(H,23,24). The summed E-state index contributed by atoms with van der Waals surface area (Å²) in [5, 5.41) is 13.7. The minimum absolute atomic E-state index is 0.0950. The van der Waals surface area contributed by atoms with Crippen LogP contribution < -0.4 is 0 Å². The number of benzene rings is 1. The second kappa shape index (κ2) is 7.68. The van der Waals surface area contributed by atoms with Crippen LogP contribution in [0.4, 0.5) is 0 Å². The number of likely N-dealkylation sites (tertiary alicyclic amines) is 1. The molecular weight excluding hydrogens is 379 g/mol. The van der Waals surface area contributed by atoms with E-state index in [2.05, 4.69) is 5.16 Å². The van der Waals surface area contributed by atoms with E-state index >= 15 is 0 Å². The molecule has 2 aromatic rings. The van der Waals surface area contributed by atoms with Crippen molar-refractivity contribution in [1.29, 1.82) is 0 Å². The number of aliphatic carboxylic acids is 1. The first-order valence-corrected chi connectivity index (χ1v) is 9.05. The van der Waals surface area contributed by atoms with Gasteiger partial charge in [0.2, 0.25) is 0 Å². The van der Waals surface area contributed by atoms with Crippen molar-refractivity contribution in [3.05, 3.63) is 39.6 Å². The Morgan fingerprint density at radius 3 is 2.46 bits per heavy atom. The zero-order chi connectivity index (χ0) is 18.8. The van der Waals surface area contributed by atoms with Crippen molar-refractivity contribution >= 4 is 35.1 Å². The first-order valence-electron chi connectivity index (χ1n) is 8.30. The number of amides is 1. The maximum Gasteiger partial charge on any atom is 0.303 e. The molecule has 138 valence electrons. The monoisotopic (exact) mass is 396 g/mol. The smallest absolute Gasteiger partial charge is 0.303 e. The predicted molar refractivity (Wildman–Crippen MR) is 97.6 cm³/mol. The normalized spacial score (nSPS) is 15.3. The van der Waals surface area contributed by atoms with E-state index in [0.29, 0.717) is 58.6 Å². The Balaban J connectivity index is 1.86. The highest BCUT2D eigenvalue weighted by Gasteiger charge is 2.31. The summed E-state index contributed by atoms with van der Waals surface area (Å²) in [6.45, 7) is 2.67. The van der Waals surface area contributed by atoms with E-state index in [1.807, 2.05) is 0 Å². The zero-order valence-electron chi connectivity index (χ0n) is 14.2. The molecule has 0 radical (unpaired) electrons. The molecule has 2 heterocycles. The van der Waals surface area contributed by atoms with Gasteiger partial charge < -0.3 is 14.5 Å². The maximum atomic E-state index is 13.1. The van der Waals surface area contributed by atoms with Crippen molar-refractivity contribution in [3.63, 3.8) is 0 Å². The molecule has 1 aromatic heterocycles. The van der Waals surface area contributed by atoms with Gasteiger partial charge in [0, 0.05) is 25.1 Å². The van der Waals surface area contributed by atoms with Gasteiger partial charge in [-0.25, -0.2) is 0 Å². The molecule has 1 fully saturated rings. The highest BCUT2D eigenvalue weighted by atomic mass is 35.5. The number of nitrogens with zero attached hydrogens (tertiary/aromatic N) is 2. The Kier molecular flexibility index (Phi) is 5.53. The van der Waals surface area contributed by atoms with Gasteiger partial charge in [0.15, 0.2) is 0 Å². The molecule has 26 heavy (non-hydrogen) atoms. The Morgan fingerprint density at radius 1 is 1.27 bits per heavy atom. The van der Waals surface area contributed by atoms with Crippen molar-refractivity contribution in [3.8, 4) is 11.3 Å². The molecule has 8 heteroatoms. The van der Waals surface area contributed by atoms with Gasteiger partial charge in [-0.1, -0.05) is 34.4 Å². The van der Waals surface area contributed by atoms with Crippen LogP contribution in [-0.2, 0) is 4.79 Å². The van der Waals surface area contributed by atoms with Crippen LogP contribution in [0.2, 0.25) is 10.0 Å². The molecule has 1 aliphatic rings. The maximum absolute atomic E-state index is 13.1. The molecule has 1 aliphatic heterocycles. The summed E-state index contributed by atoms with van der Waals surface area (Å²) in [4.78, 5) is 25.6. The summed E-state index contributed by atoms with van der Waals surface area (Å²) >= 11 is 12.5. The SMILES string of the molecule is Cc1onc(-c2c(Cl)cccc2Cl)c1C(=O)N1CCC(CC(=O)O)CC1. The molecule has 0 spiro atoms. The summed E-state index contributed by atoms with van der Waals surface area (Å²) in [6, 6.07) is 5.08. The Bertz CT molecular complexity index is 821. The van der Waals surface area contributed by atoms with Gasteiger partial charge in [-0.05, 0) is 37.8 Å². The summed E-state index contributed by atoms with van der Waals surface area (Å²) in [7, 11) is 0. The lowest BCUT2D eigenvalue weighted by Gasteiger charge is -2.31. The molecule has 1 amide bonds. The van der Waals surface area contributed by atoms with Crippen LogP contribution in [-0.4, -0.2) is 40.1 Å². The minimum atomic E-state index is -0.805. The molecule has 0 atom stereocenters. The number of aromatic nitrogens is 1. The largest absolute Gasteiger partial charge is 0.481 e. The molecule has 0 unspecified atom stereocenters. The molecular formula is C18H18Cl2N2O4. The number of rotatable bonds is 4. The number of carbonyl (C=O) groups excluding carboxylic acids is 1. The fourth-order valence-corrected chi connectivity index (χ4v) is 3.84. The topological polar surface area (TPSA) is 83.6 Å². The number of hydrogen-bond acceptors (Lipinski definition) is 4. The Labute approximate surface area is 160 Å². The number of carboxylic acid groups (broad SMARTS) is 1. The average molecular weight is 397 g/mol. The number of halogens is 2. The van der Waals surface area contributed by atoms with E-state index < -0.39 is 5.97 Å². The van der Waals surface area contributed by atoms with Gasteiger partial charge in [0.25, 0.3) is 5.91 Å². The number of carboxylic acids is 1. The number of piperidine rings is 1. The van der Waals surface area contributed by atoms with Crippen molar-refractivity contribution in [1.82, 2.24) is 10.1 Å². The molecule has 1 saturated heterocycles. The Hall–Kier alpha value is -2.05. The van der Waals surface area contributed by atoms with E-state index in [0.717, 1.165) is 0 Å². The summed E-state index contributed by atoms with van der Waals surface area (Å²) in [6.07, 6.45) is 1.45. The lowest BCUT2D eigenvalue weighted by atomic mass is 9.93. The molecule has 1 N–H and O–H groups in total. The lowest BCUT2D eigenvalue weighted by Crippen LogP contribution is -2.39. The number of hydrogen-bond donors (Lipinski definition) is 1. The third-order valence-electron chi connectivity index (χ3n) is 4.64. The average Bonchev–Trinajstić information content (AvgIpc) is 2.95. The van der Waals surface area contributed by atoms with E-state index in [4.69, 9.17) is 32.8 Å². The van der Waals surface area contributed by atoms with Crippen molar-refractivity contribution < 1.29 is 19.2 Å². The van der Waals surface area contributed by atoms with Gasteiger partial charge in [-0.15, -0.1) is 0 Å². The number of carbonyl (C=O) groups is 2. The van der Waals surface area contributed by atoms with E-state index in [1.54, 1.807) is 30.0 Å². The highest BCUT2D eigenvalue weighted by Crippen LogP contribution is 2.37. The molecule has 1 aromatic carbocycles. The highest BCUT2D eigenvalue weighted by molar-refractivity contribution is 6.39. The zero-order valence-corrected chi connectivity index (χ0v) is 15.7. The van der Waals surface area contributed by atoms with Crippen LogP contribution in [0.25, 0.3) is 11.3 Å². The lowest BCUT2D eigenvalue weighted by molar-refractivity contribution is -0.138. The molecule has 0 bridgehead atoms. The summed E-state index contributed by atoms with van der Waals surface area (Å²) in [5.74, 6) is -0.518. The fraction of sp³-hybridized carbons (Fsp3) is 0.389. The van der Waals surface area contributed by atoms with Crippen LogP contribution in [0, 0.1) is 12.8 Å². The molecule has 0 aliphatic carbocycles. The predicted octanol–water partition coefficient (Wildman–Crippen LogP) is 4.28. The fourth-order valence-electron chi connectivity index (χ4n) is 3.26. The van der Waals surface area contributed by atoms with Gasteiger partial charge >= 0.3 is 5.97 Å². The van der Waals surface area contributed by atoms with E-state index in [9.17, 15) is 9.59 Å². The van der Waals surface area contributed by atoms with Crippen LogP contribution >= 0.6 is 23.2 Å². The summed E-state index contributed by atoms with van der Waals surface area (Å²) < 4.78 is 5.25. The second-order valence-corrected chi connectivity index (χ2v) is 7.21. The van der Waals surface area contributed by atoms with Gasteiger partial charge in [0.1, 0.15) is 17.0 Å². The number of aryl methyl sites for hydroxylation is 1. The first-order chi connectivity index (χ1) is 12.4. The molecule has 0 saturated carbocycles. The van der Waals surface area contributed by atoms with Gasteiger partial charge in [-0.2, -0.15) is 0 Å². The van der Waals surface area contributed by atoms with Crippen LogP contribution in [0.5, 0.6) is 0 Å². The second-order valence-electron chi connectivity index (χ2n) is 6.39. The van der Waals surface area contributed by atoms with Gasteiger partial charge in [0.05, 0.1) is 10.0 Å². The van der Waals surface area contributed by atoms with Crippen molar-refractivity contribution in [2.75, 3.05) is 13.1 Å². The molecule has 6 nitrogen and oxygen atoms in total. The summed E-state index contributed by atoms with van der Waals surface area (Å²) in [5.41, 5.74) is 1.14. The third kappa shape index (κ3) is 3.71. The molecule has 3 rings (SSSR count). The first kappa shape index (κ1) is 18.7. The third-order valence-corrected chi connectivity index (χ3v) is 5.27. The van der Waals surface area contributed by atoms with Gasteiger partial charge in [-0.3, -0.25) is 9.59 Å². The Morgan fingerprint density at radius 2 is 1.88 bits per heavy atom. The van der Waals surface area contributed by atoms with Crippen LogP contribution in [0.3, 0.4) is 0 Å². The quantitative estimate of drug-likeness (QED) is 0.833. The van der Waals surface area contributed by atoms with Crippen molar-refractivity contribution in [2.24, 2.45) is 5.92 Å².